The lowest BCUT2D eigenvalue weighted by molar-refractivity contribution is 0.340. The largest absolute Gasteiger partial charge is 0.502 e. The van der Waals surface area contributed by atoms with Crippen molar-refractivity contribution in [2.45, 2.75) is 4.21 Å². The summed E-state index contributed by atoms with van der Waals surface area (Å²) in [5.41, 5.74) is 0.432. The number of methoxy groups -OCH3 is 2. The standard InChI is InChI=1S/C13H13NO5S2/c1-18-10-6-9(7-11(19-2)13(10)15)8-14-21(16,17)12-4-3-5-20-12/h3-8,15H,1-2H3/b14-8-. The summed E-state index contributed by atoms with van der Waals surface area (Å²) in [5, 5.41) is 11.4. The Morgan fingerprint density at radius 3 is 2.33 bits per heavy atom. The highest BCUT2D eigenvalue weighted by atomic mass is 32.2. The molecule has 0 atom stereocenters. The van der Waals surface area contributed by atoms with Crippen LogP contribution >= 0.6 is 11.3 Å². The van der Waals surface area contributed by atoms with Crippen molar-refractivity contribution in [2.24, 2.45) is 4.40 Å². The second-order valence-electron chi connectivity index (χ2n) is 3.92. The summed E-state index contributed by atoms with van der Waals surface area (Å²) in [4.78, 5) is 0. The van der Waals surface area contributed by atoms with Gasteiger partial charge >= 0.3 is 0 Å². The third-order valence-electron chi connectivity index (χ3n) is 2.59. The molecule has 0 aliphatic carbocycles. The van der Waals surface area contributed by atoms with E-state index in [4.69, 9.17) is 9.47 Å². The smallest absolute Gasteiger partial charge is 0.291 e. The Morgan fingerprint density at radius 1 is 1.24 bits per heavy atom. The Morgan fingerprint density at radius 2 is 1.86 bits per heavy atom. The Labute approximate surface area is 126 Å². The summed E-state index contributed by atoms with van der Waals surface area (Å²) in [6.45, 7) is 0. The van der Waals surface area contributed by atoms with Gasteiger partial charge in [0.1, 0.15) is 4.21 Å². The van der Waals surface area contributed by atoms with E-state index in [2.05, 4.69) is 4.40 Å². The zero-order valence-corrected chi connectivity index (χ0v) is 12.9. The van der Waals surface area contributed by atoms with E-state index in [9.17, 15) is 13.5 Å². The topological polar surface area (TPSA) is 85.2 Å². The first-order valence-electron chi connectivity index (χ1n) is 5.77. The van der Waals surface area contributed by atoms with Gasteiger partial charge in [-0.3, -0.25) is 0 Å². The number of rotatable bonds is 5. The molecule has 1 aromatic heterocycles. The van der Waals surface area contributed by atoms with Crippen LogP contribution in [0.2, 0.25) is 0 Å². The van der Waals surface area contributed by atoms with Crippen LogP contribution in [-0.4, -0.2) is 34.0 Å². The van der Waals surface area contributed by atoms with Crippen LogP contribution in [0.1, 0.15) is 5.56 Å². The molecule has 1 N–H and O–H groups in total. The predicted octanol–water partition coefficient (Wildman–Crippen LogP) is 2.28. The Balaban J connectivity index is 2.38. The van der Waals surface area contributed by atoms with Crippen molar-refractivity contribution in [1.82, 2.24) is 0 Å². The highest BCUT2D eigenvalue weighted by molar-refractivity contribution is 7.92. The summed E-state index contributed by atoms with van der Waals surface area (Å²) >= 11 is 1.09. The van der Waals surface area contributed by atoms with Gasteiger partial charge in [-0.25, -0.2) is 0 Å². The van der Waals surface area contributed by atoms with Crippen LogP contribution in [0.3, 0.4) is 0 Å². The molecule has 0 saturated heterocycles. The lowest BCUT2D eigenvalue weighted by Gasteiger charge is -2.09. The molecule has 0 saturated carbocycles. The number of nitrogens with zero attached hydrogens (tertiary/aromatic N) is 1. The SMILES string of the molecule is COc1cc(/C=N\S(=O)(=O)c2cccs2)cc(OC)c1O. The molecule has 0 fully saturated rings. The first-order valence-corrected chi connectivity index (χ1v) is 8.08. The van der Waals surface area contributed by atoms with Gasteiger partial charge in [-0.15, -0.1) is 11.3 Å². The molecule has 2 rings (SSSR count). The van der Waals surface area contributed by atoms with Crippen LogP contribution in [0.4, 0.5) is 0 Å². The van der Waals surface area contributed by atoms with Crippen molar-refractivity contribution in [3.05, 3.63) is 35.2 Å². The third kappa shape index (κ3) is 3.34. The van der Waals surface area contributed by atoms with E-state index >= 15 is 0 Å². The van der Waals surface area contributed by atoms with E-state index in [1.807, 2.05) is 0 Å². The first kappa shape index (κ1) is 15.3. The number of thiophene rings is 1. The molecule has 6 nitrogen and oxygen atoms in total. The monoisotopic (exact) mass is 327 g/mol. The van der Waals surface area contributed by atoms with Crippen LogP contribution in [0, 0.1) is 0 Å². The van der Waals surface area contributed by atoms with E-state index in [1.54, 1.807) is 11.4 Å². The van der Waals surface area contributed by atoms with Crippen LogP contribution in [0.25, 0.3) is 0 Å². The molecule has 21 heavy (non-hydrogen) atoms. The minimum Gasteiger partial charge on any atom is -0.502 e. The van der Waals surface area contributed by atoms with E-state index in [0.29, 0.717) is 5.56 Å². The van der Waals surface area contributed by atoms with Crippen molar-refractivity contribution >= 4 is 27.6 Å². The molecule has 8 heteroatoms. The number of hydrogen-bond acceptors (Lipinski definition) is 6. The van der Waals surface area contributed by atoms with Gasteiger partial charge in [0, 0.05) is 11.8 Å². The average molecular weight is 327 g/mol. The molecule has 2 aromatic rings. The van der Waals surface area contributed by atoms with Gasteiger partial charge in [0.2, 0.25) is 5.75 Å². The summed E-state index contributed by atoms with van der Waals surface area (Å²) in [6.07, 6.45) is 1.18. The highest BCUT2D eigenvalue weighted by Gasteiger charge is 2.14. The van der Waals surface area contributed by atoms with Gasteiger partial charge < -0.3 is 14.6 Å². The van der Waals surface area contributed by atoms with Gasteiger partial charge in [-0.05, 0) is 23.6 Å². The van der Waals surface area contributed by atoms with Crippen molar-refractivity contribution in [2.75, 3.05) is 14.2 Å². The predicted molar refractivity (Wildman–Crippen MR) is 80.3 cm³/mol. The third-order valence-corrected chi connectivity index (χ3v) is 5.20. The molecule has 1 heterocycles. The number of phenols is 1. The van der Waals surface area contributed by atoms with E-state index in [0.717, 1.165) is 11.3 Å². The second-order valence-corrected chi connectivity index (χ2v) is 6.72. The van der Waals surface area contributed by atoms with Crippen LogP contribution < -0.4 is 9.47 Å². The van der Waals surface area contributed by atoms with Gasteiger partial charge in [0.25, 0.3) is 10.0 Å². The second kappa shape index (κ2) is 6.15. The minimum absolute atomic E-state index is 0.154. The van der Waals surface area contributed by atoms with Crippen LogP contribution in [-0.2, 0) is 10.0 Å². The normalized spacial score (nSPS) is 11.7. The molecule has 0 bridgehead atoms. The molecule has 0 spiro atoms. The number of phenolic OH excluding ortho intramolecular Hbond substituents is 1. The number of sulfonamides is 1. The zero-order valence-electron chi connectivity index (χ0n) is 11.3. The van der Waals surface area contributed by atoms with Crippen molar-refractivity contribution in [3.63, 3.8) is 0 Å². The number of aromatic hydroxyl groups is 1. The van der Waals surface area contributed by atoms with Crippen LogP contribution in [0.15, 0.2) is 38.3 Å². The maximum absolute atomic E-state index is 11.9. The average Bonchev–Trinajstić information content (AvgIpc) is 3.01. The molecule has 0 aliphatic rings. The van der Waals surface area contributed by atoms with Gasteiger partial charge in [0.15, 0.2) is 11.5 Å². The van der Waals surface area contributed by atoms with Gasteiger partial charge in [0.05, 0.1) is 14.2 Å². The van der Waals surface area contributed by atoms with Crippen molar-refractivity contribution in [3.8, 4) is 17.2 Å². The molecule has 0 amide bonds. The maximum Gasteiger partial charge on any atom is 0.291 e. The fourth-order valence-electron chi connectivity index (χ4n) is 1.58. The molecule has 112 valence electrons. The summed E-state index contributed by atoms with van der Waals surface area (Å²) in [5.74, 6) is 0.187. The molecule has 0 radical (unpaired) electrons. The zero-order chi connectivity index (χ0) is 15.5. The maximum atomic E-state index is 11.9. The lowest BCUT2D eigenvalue weighted by Crippen LogP contribution is -1.96. The molecule has 0 unspecified atom stereocenters. The van der Waals surface area contributed by atoms with Crippen molar-refractivity contribution < 1.29 is 23.0 Å². The molecule has 1 aromatic carbocycles. The van der Waals surface area contributed by atoms with E-state index in [1.165, 1.54) is 38.6 Å². The number of ether oxygens (including phenoxy) is 2. The lowest BCUT2D eigenvalue weighted by atomic mass is 10.2. The van der Waals surface area contributed by atoms with E-state index in [-0.39, 0.29) is 21.5 Å². The quantitative estimate of drug-likeness (QED) is 0.852. The molecular weight excluding hydrogens is 314 g/mol. The number of hydrogen-bond donors (Lipinski definition) is 1. The fraction of sp³-hybridized carbons (Fsp3) is 0.154. The fourth-order valence-corrected chi connectivity index (χ4v) is 3.43. The van der Waals surface area contributed by atoms with Crippen LogP contribution in [0.5, 0.6) is 17.2 Å². The Hall–Kier alpha value is -2.06. The molecule has 0 aliphatic heterocycles. The first-order chi connectivity index (χ1) is 9.97. The Kier molecular flexibility index (Phi) is 4.49. The highest BCUT2D eigenvalue weighted by Crippen LogP contribution is 2.36. The number of benzene rings is 1. The van der Waals surface area contributed by atoms with Gasteiger partial charge in [-0.1, -0.05) is 6.07 Å². The molecular formula is C13H13NO5S2. The van der Waals surface area contributed by atoms with Gasteiger partial charge in [-0.2, -0.15) is 12.8 Å². The Bertz CT molecular complexity index is 726. The van der Waals surface area contributed by atoms with Crippen molar-refractivity contribution in [1.29, 1.82) is 0 Å². The summed E-state index contributed by atoms with van der Waals surface area (Å²) in [6, 6.07) is 6.05. The summed E-state index contributed by atoms with van der Waals surface area (Å²) in [7, 11) is -0.947. The summed E-state index contributed by atoms with van der Waals surface area (Å²) < 4.78 is 37.7. The minimum atomic E-state index is -3.72. The van der Waals surface area contributed by atoms with E-state index < -0.39 is 10.0 Å².